The Morgan fingerprint density at radius 3 is 2.88 bits per heavy atom. The van der Waals surface area contributed by atoms with Gasteiger partial charge in [-0.25, -0.2) is 4.98 Å². The molecule has 0 fully saturated rings. The van der Waals surface area contributed by atoms with Crippen molar-refractivity contribution in [3.63, 3.8) is 0 Å². The molecule has 1 amide bonds. The fourth-order valence-corrected chi connectivity index (χ4v) is 6.73. The van der Waals surface area contributed by atoms with Gasteiger partial charge in [-0.2, -0.15) is 0 Å². The number of hydrogen-bond donors (Lipinski definition) is 1. The second kappa shape index (κ2) is 9.40. The normalized spacial score (nSPS) is 15.9. The first-order chi connectivity index (χ1) is 15.3. The number of aryl methyl sites for hydroxylation is 2. The van der Waals surface area contributed by atoms with Gasteiger partial charge in [-0.05, 0) is 61.6 Å². The van der Waals surface area contributed by atoms with E-state index in [-0.39, 0.29) is 17.2 Å². The van der Waals surface area contributed by atoms with Gasteiger partial charge in [0.25, 0.3) is 5.56 Å². The van der Waals surface area contributed by atoms with Crippen molar-refractivity contribution < 1.29 is 4.79 Å². The highest BCUT2D eigenvalue weighted by Gasteiger charge is 2.24. The summed E-state index contributed by atoms with van der Waals surface area (Å²) in [7, 11) is 0. The van der Waals surface area contributed by atoms with Crippen molar-refractivity contribution in [2.45, 2.75) is 71.5 Å². The van der Waals surface area contributed by atoms with Crippen molar-refractivity contribution >= 4 is 44.9 Å². The number of rotatable bonds is 6. The monoisotopic (exact) mass is 469 g/mol. The molecule has 7 heteroatoms. The largest absolute Gasteiger partial charge is 0.325 e. The first-order valence-corrected chi connectivity index (χ1v) is 13.2. The Bertz CT molecular complexity index is 1230. The van der Waals surface area contributed by atoms with Crippen LogP contribution in [-0.2, 0) is 24.2 Å². The Morgan fingerprint density at radius 2 is 2.16 bits per heavy atom. The summed E-state index contributed by atoms with van der Waals surface area (Å²) >= 11 is 3.00. The molecule has 1 aromatic carbocycles. The summed E-state index contributed by atoms with van der Waals surface area (Å²) in [5.74, 6) is 1.10. The smallest absolute Gasteiger partial charge is 0.263 e. The molecule has 2 aromatic heterocycles. The molecule has 1 unspecified atom stereocenters. The van der Waals surface area contributed by atoms with E-state index in [9.17, 15) is 9.59 Å². The van der Waals surface area contributed by atoms with Crippen LogP contribution in [0.15, 0.2) is 28.2 Å². The third kappa shape index (κ3) is 4.37. The highest BCUT2D eigenvalue weighted by Crippen LogP contribution is 2.36. The number of nitrogens with zero attached hydrogens (tertiary/aromatic N) is 2. The second-order valence-electron chi connectivity index (χ2n) is 9.01. The molecule has 4 rings (SSSR count). The average molecular weight is 470 g/mol. The Balaban J connectivity index is 1.59. The van der Waals surface area contributed by atoms with Gasteiger partial charge in [0, 0.05) is 17.1 Å². The van der Waals surface area contributed by atoms with Crippen molar-refractivity contribution in [2.24, 2.45) is 5.92 Å². The average Bonchev–Trinajstić information content (AvgIpc) is 3.11. The van der Waals surface area contributed by atoms with Gasteiger partial charge in [-0.1, -0.05) is 50.7 Å². The van der Waals surface area contributed by atoms with Crippen LogP contribution in [0.1, 0.15) is 61.6 Å². The number of thiophene rings is 1. The van der Waals surface area contributed by atoms with E-state index < -0.39 is 0 Å². The molecule has 170 valence electrons. The van der Waals surface area contributed by atoms with Crippen molar-refractivity contribution in [3.05, 3.63) is 50.1 Å². The van der Waals surface area contributed by atoms with Crippen LogP contribution in [0.4, 0.5) is 5.69 Å². The van der Waals surface area contributed by atoms with E-state index >= 15 is 0 Å². The minimum Gasteiger partial charge on any atom is -0.325 e. The molecule has 3 aromatic rings. The van der Waals surface area contributed by atoms with Crippen LogP contribution in [-0.4, -0.2) is 21.2 Å². The zero-order valence-corrected chi connectivity index (χ0v) is 21.1. The SMILES string of the molecule is CCn1c(SCC(=O)Nc2c(C)cccc2C(C)C)nc2sc3c(c2c1=O)CCC(C)C3. The molecule has 0 aliphatic heterocycles. The van der Waals surface area contributed by atoms with Gasteiger partial charge < -0.3 is 5.32 Å². The van der Waals surface area contributed by atoms with E-state index in [2.05, 4.69) is 32.2 Å². The fourth-order valence-electron chi connectivity index (χ4n) is 4.44. The van der Waals surface area contributed by atoms with Crippen LogP contribution in [0, 0.1) is 12.8 Å². The van der Waals surface area contributed by atoms with Crippen molar-refractivity contribution in [1.82, 2.24) is 9.55 Å². The number of anilines is 1. The van der Waals surface area contributed by atoms with Crippen LogP contribution >= 0.6 is 23.1 Å². The van der Waals surface area contributed by atoms with Crippen molar-refractivity contribution in [2.75, 3.05) is 11.1 Å². The Hall–Kier alpha value is -2.12. The Labute approximate surface area is 197 Å². The van der Waals surface area contributed by atoms with Crippen LogP contribution in [0.3, 0.4) is 0 Å². The first kappa shape index (κ1) is 23.1. The lowest BCUT2D eigenvalue weighted by Gasteiger charge is -2.17. The number of hydrogen-bond acceptors (Lipinski definition) is 5. The molecule has 0 radical (unpaired) electrons. The summed E-state index contributed by atoms with van der Waals surface area (Å²) in [4.78, 5) is 33.1. The molecular formula is C25H31N3O2S2. The molecule has 0 saturated heterocycles. The molecule has 1 atom stereocenters. The lowest BCUT2D eigenvalue weighted by molar-refractivity contribution is -0.113. The molecule has 1 N–H and O–H groups in total. The van der Waals surface area contributed by atoms with Crippen molar-refractivity contribution in [3.8, 4) is 0 Å². The van der Waals surface area contributed by atoms with Gasteiger partial charge >= 0.3 is 0 Å². The van der Waals surface area contributed by atoms with Crippen molar-refractivity contribution in [1.29, 1.82) is 0 Å². The van der Waals surface area contributed by atoms with Gasteiger partial charge in [0.1, 0.15) is 4.83 Å². The highest BCUT2D eigenvalue weighted by molar-refractivity contribution is 7.99. The number of thioether (sulfide) groups is 1. The molecule has 5 nitrogen and oxygen atoms in total. The van der Waals surface area contributed by atoms with Crippen LogP contribution < -0.4 is 10.9 Å². The lowest BCUT2D eigenvalue weighted by Crippen LogP contribution is -2.24. The van der Waals surface area contributed by atoms with Crippen LogP contribution in [0.25, 0.3) is 10.2 Å². The van der Waals surface area contributed by atoms with E-state index in [1.807, 2.05) is 26.0 Å². The number of benzene rings is 1. The zero-order valence-electron chi connectivity index (χ0n) is 19.4. The molecule has 1 aliphatic rings. The first-order valence-electron chi connectivity index (χ1n) is 11.4. The summed E-state index contributed by atoms with van der Waals surface area (Å²) in [6, 6.07) is 6.10. The third-order valence-electron chi connectivity index (χ3n) is 6.22. The van der Waals surface area contributed by atoms with Gasteiger partial charge in [0.2, 0.25) is 5.91 Å². The summed E-state index contributed by atoms with van der Waals surface area (Å²) < 4.78 is 1.72. The summed E-state index contributed by atoms with van der Waals surface area (Å²) in [6.45, 7) is 11.0. The predicted molar refractivity (Wildman–Crippen MR) is 135 cm³/mol. The molecule has 0 spiro atoms. The Morgan fingerprint density at radius 1 is 1.38 bits per heavy atom. The molecule has 2 heterocycles. The van der Waals surface area contributed by atoms with Gasteiger partial charge in [0.05, 0.1) is 11.1 Å². The number of amides is 1. The number of fused-ring (bicyclic) bond motifs is 3. The maximum Gasteiger partial charge on any atom is 0.263 e. The van der Waals surface area contributed by atoms with E-state index in [1.165, 1.54) is 22.2 Å². The van der Waals surface area contributed by atoms with Gasteiger partial charge in [-0.15, -0.1) is 11.3 Å². The predicted octanol–water partition coefficient (Wildman–Crippen LogP) is 5.77. The number of carbonyl (C=O) groups excluding carboxylic acids is 1. The lowest BCUT2D eigenvalue weighted by atomic mass is 9.89. The number of carbonyl (C=O) groups is 1. The number of para-hydroxylation sites is 1. The third-order valence-corrected chi connectivity index (χ3v) is 8.34. The van der Waals surface area contributed by atoms with E-state index in [0.29, 0.717) is 23.5 Å². The molecular weight excluding hydrogens is 438 g/mol. The summed E-state index contributed by atoms with van der Waals surface area (Å²) in [5.41, 5.74) is 4.32. The number of nitrogens with one attached hydrogen (secondary N) is 1. The maximum atomic E-state index is 13.3. The quantitative estimate of drug-likeness (QED) is 0.368. The fraction of sp³-hybridized carbons (Fsp3) is 0.480. The van der Waals surface area contributed by atoms with E-state index in [1.54, 1.807) is 15.9 Å². The minimum atomic E-state index is -0.0810. The molecule has 32 heavy (non-hydrogen) atoms. The highest BCUT2D eigenvalue weighted by atomic mass is 32.2. The minimum absolute atomic E-state index is 0.0356. The molecule has 1 aliphatic carbocycles. The van der Waals surface area contributed by atoms with Crippen LogP contribution in [0.2, 0.25) is 0 Å². The molecule has 0 saturated carbocycles. The maximum absolute atomic E-state index is 13.3. The van der Waals surface area contributed by atoms with Gasteiger partial charge in [-0.3, -0.25) is 14.2 Å². The Kier molecular flexibility index (Phi) is 6.77. The molecule has 0 bridgehead atoms. The van der Waals surface area contributed by atoms with E-state index in [0.717, 1.165) is 46.3 Å². The van der Waals surface area contributed by atoms with Gasteiger partial charge in [0.15, 0.2) is 5.16 Å². The topological polar surface area (TPSA) is 64.0 Å². The summed E-state index contributed by atoms with van der Waals surface area (Å²) in [5, 5.41) is 4.52. The van der Waals surface area contributed by atoms with Crippen LogP contribution in [0.5, 0.6) is 0 Å². The summed E-state index contributed by atoms with van der Waals surface area (Å²) in [6.07, 6.45) is 3.11. The standard InChI is InChI=1S/C25H31N3O2S2/c1-6-28-24(30)21-18-11-10-15(4)12-19(18)32-23(21)27-25(28)31-13-20(29)26-22-16(5)8-7-9-17(22)14(2)3/h7-9,14-15H,6,10-13H2,1-5H3,(H,26,29). The van der Waals surface area contributed by atoms with E-state index in [4.69, 9.17) is 4.98 Å². The zero-order chi connectivity index (χ0) is 23.0. The number of aromatic nitrogens is 2. The second-order valence-corrected chi connectivity index (χ2v) is 11.0.